The summed E-state index contributed by atoms with van der Waals surface area (Å²) in [6.07, 6.45) is 1.37. The van der Waals surface area contributed by atoms with E-state index in [0.717, 1.165) is 5.69 Å². The van der Waals surface area contributed by atoms with Gasteiger partial charge in [-0.1, -0.05) is 0 Å². The summed E-state index contributed by atoms with van der Waals surface area (Å²) in [6.45, 7) is 2.74. The van der Waals surface area contributed by atoms with E-state index < -0.39 is 5.91 Å². The molecule has 1 aromatic carbocycles. The van der Waals surface area contributed by atoms with Crippen LogP contribution in [-0.4, -0.2) is 60.0 Å². The molecule has 0 atom stereocenters. The van der Waals surface area contributed by atoms with E-state index in [2.05, 4.69) is 20.6 Å². The molecule has 4 rings (SSSR count). The first-order valence-corrected chi connectivity index (χ1v) is 8.10. The zero-order valence-corrected chi connectivity index (χ0v) is 13.8. The molecule has 2 saturated heterocycles. The van der Waals surface area contributed by atoms with Crippen molar-refractivity contribution in [2.75, 3.05) is 44.0 Å². The fraction of sp³-hybridized carbons (Fsp3) is 0.353. The summed E-state index contributed by atoms with van der Waals surface area (Å²) in [6, 6.07) is 7.28. The van der Waals surface area contributed by atoms with Gasteiger partial charge in [0.05, 0.1) is 25.0 Å². The number of hydrogen-bond donors (Lipinski definition) is 3. The van der Waals surface area contributed by atoms with Gasteiger partial charge in [-0.25, -0.2) is 4.98 Å². The molecule has 0 aliphatic carbocycles. The Bertz CT molecular complexity index is 802. The van der Waals surface area contributed by atoms with Gasteiger partial charge in [0.1, 0.15) is 5.69 Å². The summed E-state index contributed by atoms with van der Waals surface area (Å²) in [7, 11) is 1.82. The normalized spacial score (nSPS) is 17.6. The maximum atomic E-state index is 12.6. The maximum Gasteiger partial charge on any atom is 0.276 e. The van der Waals surface area contributed by atoms with Crippen molar-refractivity contribution in [1.82, 2.24) is 14.9 Å². The first-order chi connectivity index (χ1) is 12.1. The lowest BCUT2D eigenvalue weighted by Gasteiger charge is -2.54. The molecule has 2 fully saturated rings. The molecule has 2 amide bonds. The molecule has 130 valence electrons. The van der Waals surface area contributed by atoms with Crippen molar-refractivity contribution >= 4 is 23.2 Å². The number of aromatic amines is 1. The van der Waals surface area contributed by atoms with Crippen LogP contribution in [0.4, 0.5) is 11.4 Å². The highest BCUT2D eigenvalue weighted by Crippen LogP contribution is 2.38. The lowest BCUT2D eigenvalue weighted by Crippen LogP contribution is -2.67. The van der Waals surface area contributed by atoms with Gasteiger partial charge in [-0.3, -0.25) is 9.59 Å². The molecule has 8 heteroatoms. The minimum atomic E-state index is -0.413. The topological polar surface area (TPSA) is 99.3 Å². The summed E-state index contributed by atoms with van der Waals surface area (Å²) < 4.78 is 5.22. The summed E-state index contributed by atoms with van der Waals surface area (Å²) in [5.74, 6) is -0.616. The molecule has 2 aromatic rings. The summed E-state index contributed by atoms with van der Waals surface area (Å²) >= 11 is 0. The van der Waals surface area contributed by atoms with E-state index in [4.69, 9.17) is 4.74 Å². The van der Waals surface area contributed by atoms with Gasteiger partial charge in [-0.2, -0.15) is 0 Å². The Kier molecular flexibility index (Phi) is 3.69. The lowest BCUT2D eigenvalue weighted by molar-refractivity contribution is -0.176. The third-order valence-corrected chi connectivity index (χ3v) is 4.66. The molecule has 8 nitrogen and oxygen atoms in total. The number of carbonyl (C=O) groups excluding carboxylic acids is 2. The molecule has 2 aliphatic rings. The van der Waals surface area contributed by atoms with Gasteiger partial charge in [-0.05, 0) is 24.3 Å². The van der Waals surface area contributed by atoms with Crippen LogP contribution in [-0.2, 0) is 4.74 Å². The Morgan fingerprint density at radius 3 is 2.48 bits per heavy atom. The Balaban J connectivity index is 1.45. The van der Waals surface area contributed by atoms with Gasteiger partial charge in [-0.15, -0.1) is 0 Å². The number of nitrogens with one attached hydrogen (secondary N) is 3. The zero-order chi connectivity index (χ0) is 17.4. The van der Waals surface area contributed by atoms with Crippen LogP contribution in [0.5, 0.6) is 0 Å². The van der Waals surface area contributed by atoms with Crippen molar-refractivity contribution in [2.24, 2.45) is 5.41 Å². The van der Waals surface area contributed by atoms with Gasteiger partial charge in [0.15, 0.2) is 5.69 Å². The molecule has 3 N–H and O–H groups in total. The summed E-state index contributed by atoms with van der Waals surface area (Å²) in [5.41, 5.74) is 2.04. The second kappa shape index (κ2) is 5.89. The standard InChI is InChI=1S/C17H19N5O3/c1-18-11-2-4-12(5-3-11)21-15(23)13-14(20-10-19-13)16(24)22-6-17(7-22)8-25-9-17/h2-5,10,18H,6-9H2,1H3,(H,19,20)(H,21,23). The predicted octanol–water partition coefficient (Wildman–Crippen LogP) is 1.18. The number of H-pyrrole nitrogens is 1. The Labute approximate surface area is 144 Å². The molecular formula is C17H19N5O3. The average molecular weight is 341 g/mol. The average Bonchev–Trinajstić information content (AvgIpc) is 3.02. The fourth-order valence-electron chi connectivity index (χ4n) is 3.18. The van der Waals surface area contributed by atoms with Crippen LogP contribution >= 0.6 is 0 Å². The highest BCUT2D eigenvalue weighted by Gasteiger charge is 2.51. The quantitative estimate of drug-likeness (QED) is 0.775. The number of anilines is 2. The van der Waals surface area contributed by atoms with Gasteiger partial charge in [0, 0.05) is 31.5 Å². The summed E-state index contributed by atoms with van der Waals surface area (Å²) in [4.78, 5) is 33.6. The van der Waals surface area contributed by atoms with E-state index in [1.807, 2.05) is 19.2 Å². The molecule has 0 unspecified atom stereocenters. The SMILES string of the molecule is CNc1ccc(NC(=O)c2nc[nH]c2C(=O)N2CC3(COC3)C2)cc1. The first-order valence-electron chi connectivity index (χ1n) is 8.10. The minimum Gasteiger partial charge on any atom is -0.388 e. The highest BCUT2D eigenvalue weighted by atomic mass is 16.5. The Hall–Kier alpha value is -2.87. The number of aromatic nitrogens is 2. The van der Waals surface area contributed by atoms with E-state index in [0.29, 0.717) is 32.0 Å². The van der Waals surface area contributed by atoms with Crippen molar-refractivity contribution in [3.05, 3.63) is 42.0 Å². The maximum absolute atomic E-state index is 12.6. The van der Waals surface area contributed by atoms with E-state index >= 15 is 0 Å². The molecule has 1 spiro atoms. The fourth-order valence-corrected chi connectivity index (χ4v) is 3.18. The van der Waals surface area contributed by atoms with Crippen molar-refractivity contribution in [3.63, 3.8) is 0 Å². The van der Waals surface area contributed by atoms with Crippen molar-refractivity contribution in [1.29, 1.82) is 0 Å². The first kappa shape index (κ1) is 15.6. The van der Waals surface area contributed by atoms with Crippen molar-refractivity contribution in [3.8, 4) is 0 Å². The number of hydrogen-bond acceptors (Lipinski definition) is 5. The van der Waals surface area contributed by atoms with Gasteiger partial charge in [0.2, 0.25) is 0 Å². The Morgan fingerprint density at radius 2 is 1.88 bits per heavy atom. The lowest BCUT2D eigenvalue weighted by atomic mass is 9.78. The number of nitrogens with zero attached hydrogens (tertiary/aromatic N) is 2. The number of likely N-dealkylation sites (tertiary alicyclic amines) is 1. The van der Waals surface area contributed by atoms with E-state index in [-0.39, 0.29) is 22.7 Å². The van der Waals surface area contributed by atoms with Crippen molar-refractivity contribution in [2.45, 2.75) is 0 Å². The molecular weight excluding hydrogens is 322 g/mol. The monoisotopic (exact) mass is 341 g/mol. The van der Waals surface area contributed by atoms with Crippen LogP contribution in [0.1, 0.15) is 21.0 Å². The van der Waals surface area contributed by atoms with Gasteiger partial charge < -0.3 is 25.3 Å². The molecule has 0 radical (unpaired) electrons. The molecule has 25 heavy (non-hydrogen) atoms. The van der Waals surface area contributed by atoms with Crippen LogP contribution in [0.15, 0.2) is 30.6 Å². The number of amides is 2. The highest BCUT2D eigenvalue weighted by molar-refractivity contribution is 6.10. The molecule has 0 bridgehead atoms. The number of benzene rings is 1. The molecule has 3 heterocycles. The largest absolute Gasteiger partial charge is 0.388 e. The third kappa shape index (κ3) is 2.74. The third-order valence-electron chi connectivity index (χ3n) is 4.66. The molecule has 1 aromatic heterocycles. The number of rotatable bonds is 4. The number of ether oxygens (including phenoxy) is 1. The van der Waals surface area contributed by atoms with E-state index in [9.17, 15) is 9.59 Å². The summed E-state index contributed by atoms with van der Waals surface area (Å²) in [5, 5.41) is 5.78. The van der Waals surface area contributed by atoms with Crippen LogP contribution in [0.25, 0.3) is 0 Å². The second-order valence-electron chi connectivity index (χ2n) is 6.56. The molecule has 2 aliphatic heterocycles. The van der Waals surface area contributed by atoms with Crippen LogP contribution in [0, 0.1) is 5.41 Å². The van der Waals surface area contributed by atoms with Gasteiger partial charge >= 0.3 is 0 Å². The smallest absolute Gasteiger partial charge is 0.276 e. The van der Waals surface area contributed by atoms with Crippen molar-refractivity contribution < 1.29 is 14.3 Å². The van der Waals surface area contributed by atoms with Crippen LogP contribution in [0.3, 0.4) is 0 Å². The number of carbonyl (C=O) groups is 2. The predicted molar refractivity (Wildman–Crippen MR) is 91.7 cm³/mol. The van der Waals surface area contributed by atoms with E-state index in [1.54, 1.807) is 17.0 Å². The second-order valence-corrected chi connectivity index (χ2v) is 6.56. The zero-order valence-electron chi connectivity index (χ0n) is 13.8. The van der Waals surface area contributed by atoms with Gasteiger partial charge in [0.25, 0.3) is 11.8 Å². The number of imidazole rings is 1. The Morgan fingerprint density at radius 1 is 1.20 bits per heavy atom. The van der Waals surface area contributed by atoms with Crippen LogP contribution in [0.2, 0.25) is 0 Å². The minimum absolute atomic E-state index is 0.105. The molecule has 0 saturated carbocycles. The van der Waals surface area contributed by atoms with Crippen LogP contribution < -0.4 is 10.6 Å². The van der Waals surface area contributed by atoms with E-state index in [1.165, 1.54) is 6.33 Å².